The molecule has 2 amide bonds. The Bertz CT molecular complexity index is 1800. The van der Waals surface area contributed by atoms with Gasteiger partial charge in [0.1, 0.15) is 11.4 Å². The zero-order chi connectivity index (χ0) is 30.2. The Morgan fingerprint density at radius 3 is 1.56 bits per heavy atom. The summed E-state index contributed by atoms with van der Waals surface area (Å²) in [6.07, 6.45) is 0. The van der Waals surface area contributed by atoms with Crippen molar-refractivity contribution >= 4 is 46.3 Å². The minimum absolute atomic E-state index is 0.0749. The predicted molar refractivity (Wildman–Crippen MR) is 169 cm³/mol. The Balaban J connectivity index is 1.82. The molecule has 0 fully saturated rings. The lowest BCUT2D eigenvalue weighted by Crippen LogP contribution is -2.33. The standard InChI is InChI=1S/C34H26N3O5P/c38-33(26-17-7-2-8-18-26)36-31(34(39)35-29-23-13-14-24-30(29)37(40)41)32(25-15-5-1-6-16-25)43(42,27-19-9-3-10-20-27)28-21-11-4-12-22-28/h1-24H,(H,35,39)(H,36,38). The number of nitrogens with zero attached hydrogens (tertiary/aromatic N) is 1. The zero-order valence-electron chi connectivity index (χ0n) is 22.8. The van der Waals surface area contributed by atoms with Gasteiger partial charge in [-0.15, -0.1) is 0 Å². The van der Waals surface area contributed by atoms with Gasteiger partial charge in [-0.3, -0.25) is 19.7 Å². The first-order valence-corrected chi connectivity index (χ1v) is 15.0. The maximum absolute atomic E-state index is 15.7. The van der Waals surface area contributed by atoms with Crippen LogP contribution in [-0.2, 0) is 9.36 Å². The lowest BCUT2D eigenvalue weighted by molar-refractivity contribution is -0.383. The van der Waals surface area contributed by atoms with Gasteiger partial charge in [-0.1, -0.05) is 121 Å². The van der Waals surface area contributed by atoms with Crippen molar-refractivity contribution in [2.75, 3.05) is 5.32 Å². The van der Waals surface area contributed by atoms with Gasteiger partial charge in [0.2, 0.25) is 0 Å². The van der Waals surface area contributed by atoms with E-state index in [1.54, 1.807) is 127 Å². The second kappa shape index (κ2) is 12.9. The highest BCUT2D eigenvalue weighted by Gasteiger charge is 2.38. The number of carbonyl (C=O) groups is 2. The fourth-order valence-electron chi connectivity index (χ4n) is 4.68. The van der Waals surface area contributed by atoms with E-state index in [1.165, 1.54) is 18.2 Å². The highest BCUT2D eigenvalue weighted by molar-refractivity contribution is 7.87. The van der Waals surface area contributed by atoms with Gasteiger partial charge in [-0.05, 0) is 23.8 Å². The normalized spacial score (nSPS) is 11.6. The fraction of sp³-hybridized carbons (Fsp3) is 0. The van der Waals surface area contributed by atoms with E-state index in [4.69, 9.17) is 0 Å². The number of hydrogen-bond acceptors (Lipinski definition) is 5. The highest BCUT2D eigenvalue weighted by Crippen LogP contribution is 2.57. The molecular weight excluding hydrogens is 561 g/mol. The molecule has 0 radical (unpaired) electrons. The van der Waals surface area contributed by atoms with Crippen LogP contribution in [0.2, 0.25) is 0 Å². The average molecular weight is 588 g/mol. The molecule has 43 heavy (non-hydrogen) atoms. The van der Waals surface area contributed by atoms with Crippen molar-refractivity contribution in [1.82, 2.24) is 5.32 Å². The van der Waals surface area contributed by atoms with E-state index in [2.05, 4.69) is 10.6 Å². The van der Waals surface area contributed by atoms with Gasteiger partial charge in [0.25, 0.3) is 17.5 Å². The minimum Gasteiger partial charge on any atom is -0.317 e. The van der Waals surface area contributed by atoms with Crippen LogP contribution in [0.1, 0.15) is 15.9 Å². The monoisotopic (exact) mass is 587 g/mol. The quantitative estimate of drug-likeness (QED) is 0.0902. The van der Waals surface area contributed by atoms with Crippen LogP contribution in [-0.4, -0.2) is 16.7 Å². The third-order valence-electron chi connectivity index (χ3n) is 6.69. The zero-order valence-corrected chi connectivity index (χ0v) is 23.7. The van der Waals surface area contributed by atoms with Gasteiger partial charge in [-0.25, -0.2) is 0 Å². The summed E-state index contributed by atoms with van der Waals surface area (Å²) >= 11 is 0. The molecule has 8 nitrogen and oxygen atoms in total. The highest BCUT2D eigenvalue weighted by atomic mass is 31.2. The smallest absolute Gasteiger partial charge is 0.292 e. The van der Waals surface area contributed by atoms with Crippen LogP contribution in [0.4, 0.5) is 11.4 Å². The number of nitro groups is 1. The first-order chi connectivity index (χ1) is 20.9. The van der Waals surface area contributed by atoms with Crippen LogP contribution in [0.25, 0.3) is 5.31 Å². The molecule has 0 aliphatic carbocycles. The lowest BCUT2D eigenvalue weighted by atomic mass is 10.1. The molecule has 5 aromatic carbocycles. The van der Waals surface area contributed by atoms with Crippen LogP contribution >= 0.6 is 7.14 Å². The van der Waals surface area contributed by atoms with E-state index in [0.717, 1.165) is 0 Å². The van der Waals surface area contributed by atoms with Crippen molar-refractivity contribution in [1.29, 1.82) is 0 Å². The summed E-state index contributed by atoms with van der Waals surface area (Å²) in [5.41, 5.74) is -0.0141. The Morgan fingerprint density at radius 1 is 0.605 bits per heavy atom. The van der Waals surface area contributed by atoms with Gasteiger partial charge in [0.05, 0.1) is 10.2 Å². The molecule has 5 aromatic rings. The van der Waals surface area contributed by atoms with Crippen LogP contribution in [0.3, 0.4) is 0 Å². The summed E-state index contributed by atoms with van der Waals surface area (Å²) in [5, 5.41) is 18.0. The molecule has 0 saturated heterocycles. The van der Waals surface area contributed by atoms with Crippen molar-refractivity contribution in [3.63, 3.8) is 0 Å². The number of carbonyl (C=O) groups excluding carboxylic acids is 2. The van der Waals surface area contributed by atoms with E-state index in [0.29, 0.717) is 16.2 Å². The number of hydrogen-bond donors (Lipinski definition) is 2. The Labute approximate surface area is 248 Å². The molecule has 0 unspecified atom stereocenters. The number of rotatable bonds is 9. The van der Waals surface area contributed by atoms with Crippen molar-refractivity contribution < 1.29 is 19.1 Å². The SMILES string of the molecule is O=C(Nc1ccccc1[N+](=O)[O-])C(NC(=O)c1ccccc1)=C(c1ccccc1)P(=O)(c1ccccc1)c1ccccc1. The van der Waals surface area contributed by atoms with Crippen LogP contribution in [0, 0.1) is 10.1 Å². The van der Waals surface area contributed by atoms with Crippen molar-refractivity contribution in [2.24, 2.45) is 0 Å². The summed E-state index contributed by atoms with van der Waals surface area (Å²) in [7, 11) is -3.88. The molecule has 212 valence electrons. The van der Waals surface area contributed by atoms with Gasteiger partial charge < -0.3 is 15.2 Å². The topological polar surface area (TPSA) is 118 Å². The maximum atomic E-state index is 15.7. The molecule has 0 aliphatic rings. The lowest BCUT2D eigenvalue weighted by Gasteiger charge is -2.26. The number of nitro benzene ring substituents is 1. The van der Waals surface area contributed by atoms with Crippen LogP contribution in [0.5, 0.6) is 0 Å². The number of para-hydroxylation sites is 2. The first kappa shape index (κ1) is 28.9. The van der Waals surface area contributed by atoms with E-state index in [9.17, 15) is 19.7 Å². The third-order valence-corrected chi connectivity index (χ3v) is 9.85. The fourth-order valence-corrected chi connectivity index (χ4v) is 7.67. The summed E-state index contributed by atoms with van der Waals surface area (Å²) in [5.74, 6) is -1.49. The molecule has 5 rings (SSSR count). The van der Waals surface area contributed by atoms with Crippen molar-refractivity contribution in [3.05, 3.63) is 173 Å². The molecular formula is C34H26N3O5P. The minimum atomic E-state index is -3.88. The number of nitrogens with one attached hydrogen (secondary N) is 2. The number of amides is 2. The molecule has 0 saturated carbocycles. The summed E-state index contributed by atoms with van der Waals surface area (Å²) in [6.45, 7) is 0. The van der Waals surface area contributed by atoms with E-state index in [-0.39, 0.29) is 27.9 Å². The summed E-state index contributed by atoms with van der Waals surface area (Å²) in [4.78, 5) is 39.0. The third kappa shape index (κ3) is 6.20. The Kier molecular flexibility index (Phi) is 8.70. The van der Waals surface area contributed by atoms with Crippen LogP contribution in [0.15, 0.2) is 151 Å². The number of anilines is 1. The largest absolute Gasteiger partial charge is 0.317 e. The molecule has 0 aliphatic heterocycles. The first-order valence-electron chi connectivity index (χ1n) is 13.3. The van der Waals surface area contributed by atoms with Gasteiger partial charge in [-0.2, -0.15) is 0 Å². The van der Waals surface area contributed by atoms with Crippen molar-refractivity contribution in [3.8, 4) is 0 Å². The van der Waals surface area contributed by atoms with Gasteiger partial charge in [0, 0.05) is 22.2 Å². The summed E-state index contributed by atoms with van der Waals surface area (Å²) in [6, 6.07) is 40.1. The average Bonchev–Trinajstić information content (AvgIpc) is 3.06. The second-order valence-corrected chi connectivity index (χ2v) is 12.1. The Morgan fingerprint density at radius 2 is 1.05 bits per heavy atom. The van der Waals surface area contributed by atoms with E-state index < -0.39 is 23.9 Å². The maximum Gasteiger partial charge on any atom is 0.292 e. The van der Waals surface area contributed by atoms with Crippen LogP contribution < -0.4 is 21.2 Å². The van der Waals surface area contributed by atoms with Crippen molar-refractivity contribution in [2.45, 2.75) is 0 Å². The molecule has 0 spiro atoms. The van der Waals surface area contributed by atoms with E-state index in [1.807, 2.05) is 0 Å². The predicted octanol–water partition coefficient (Wildman–Crippen LogP) is 6.35. The number of benzene rings is 5. The van der Waals surface area contributed by atoms with Gasteiger partial charge >= 0.3 is 0 Å². The molecule has 9 heteroatoms. The molecule has 0 heterocycles. The summed E-state index contributed by atoms with van der Waals surface area (Å²) < 4.78 is 15.7. The molecule has 0 atom stereocenters. The Hall–Kier alpha value is -5.59. The molecule has 2 N–H and O–H groups in total. The second-order valence-electron chi connectivity index (χ2n) is 9.42. The molecule has 0 bridgehead atoms. The van der Waals surface area contributed by atoms with E-state index >= 15 is 4.57 Å². The molecule has 0 aromatic heterocycles. The van der Waals surface area contributed by atoms with Gasteiger partial charge in [0.15, 0.2) is 7.14 Å².